The Labute approximate surface area is 256 Å². The molecule has 0 radical (unpaired) electrons. The molecule has 0 unspecified atom stereocenters. The maximum absolute atomic E-state index is 14.0. The van der Waals surface area contributed by atoms with E-state index in [0.717, 1.165) is 54.1 Å². The van der Waals surface area contributed by atoms with Gasteiger partial charge in [0.2, 0.25) is 11.8 Å². The van der Waals surface area contributed by atoms with Crippen LogP contribution in [0.2, 0.25) is 10.0 Å². The summed E-state index contributed by atoms with van der Waals surface area (Å²) in [7, 11) is -4.25. The summed E-state index contributed by atoms with van der Waals surface area (Å²) < 4.78 is 42.4. The van der Waals surface area contributed by atoms with Crippen LogP contribution in [0.5, 0.6) is 0 Å². The molecule has 4 rings (SSSR count). The lowest BCUT2D eigenvalue weighted by Gasteiger charge is -2.33. The van der Waals surface area contributed by atoms with Crippen LogP contribution < -0.4 is 9.62 Å². The van der Waals surface area contributed by atoms with Crippen LogP contribution in [0, 0.1) is 12.7 Å². The third-order valence-electron chi connectivity index (χ3n) is 7.48. The van der Waals surface area contributed by atoms with Crippen molar-refractivity contribution in [1.82, 2.24) is 10.2 Å². The average Bonchev–Trinajstić information content (AvgIpc) is 2.96. The Balaban J connectivity index is 1.69. The zero-order valence-electron chi connectivity index (χ0n) is 23.5. The third kappa shape index (κ3) is 7.82. The van der Waals surface area contributed by atoms with Gasteiger partial charge in [0.15, 0.2) is 0 Å². The molecule has 224 valence electrons. The Morgan fingerprint density at radius 1 is 0.976 bits per heavy atom. The van der Waals surface area contributed by atoms with Crippen molar-refractivity contribution >= 4 is 50.7 Å². The molecule has 3 aromatic carbocycles. The number of nitrogens with zero attached hydrogens (tertiary/aromatic N) is 2. The van der Waals surface area contributed by atoms with E-state index in [2.05, 4.69) is 5.32 Å². The van der Waals surface area contributed by atoms with Gasteiger partial charge in [-0.15, -0.1) is 0 Å². The first kappa shape index (κ1) is 31.8. The predicted molar refractivity (Wildman–Crippen MR) is 164 cm³/mol. The Morgan fingerprint density at radius 3 is 2.24 bits per heavy atom. The summed E-state index contributed by atoms with van der Waals surface area (Å²) in [6.45, 7) is 2.75. The van der Waals surface area contributed by atoms with Gasteiger partial charge < -0.3 is 10.2 Å². The first-order valence-corrected chi connectivity index (χ1v) is 16.0. The van der Waals surface area contributed by atoms with E-state index in [4.69, 9.17) is 23.2 Å². The molecule has 0 saturated heterocycles. The van der Waals surface area contributed by atoms with Crippen LogP contribution in [0.4, 0.5) is 10.1 Å². The highest BCUT2D eigenvalue weighted by atomic mass is 35.5. The molecule has 0 bridgehead atoms. The number of aryl methyl sites for hydroxylation is 1. The van der Waals surface area contributed by atoms with Crippen molar-refractivity contribution in [2.75, 3.05) is 10.8 Å². The zero-order valence-corrected chi connectivity index (χ0v) is 25.9. The molecule has 42 heavy (non-hydrogen) atoms. The number of hydrogen-bond donors (Lipinski definition) is 1. The number of carbonyl (C=O) groups excluding carboxylic acids is 2. The molecule has 1 aliphatic rings. The lowest BCUT2D eigenvalue weighted by Crippen LogP contribution is -2.53. The average molecular weight is 635 g/mol. The lowest BCUT2D eigenvalue weighted by atomic mass is 9.95. The van der Waals surface area contributed by atoms with Gasteiger partial charge in [0.1, 0.15) is 18.4 Å². The molecule has 2 amide bonds. The van der Waals surface area contributed by atoms with E-state index < -0.39 is 34.3 Å². The largest absolute Gasteiger partial charge is 0.352 e. The van der Waals surface area contributed by atoms with Crippen LogP contribution >= 0.6 is 23.2 Å². The Kier molecular flexibility index (Phi) is 10.5. The molecule has 1 saturated carbocycles. The minimum atomic E-state index is -4.25. The highest BCUT2D eigenvalue weighted by Crippen LogP contribution is 2.27. The first-order valence-electron chi connectivity index (χ1n) is 13.8. The lowest BCUT2D eigenvalue weighted by molar-refractivity contribution is -0.139. The minimum absolute atomic E-state index is 0.0161. The van der Waals surface area contributed by atoms with E-state index in [-0.39, 0.29) is 29.1 Å². The molecule has 1 fully saturated rings. The fourth-order valence-electron chi connectivity index (χ4n) is 4.96. The minimum Gasteiger partial charge on any atom is -0.352 e. The second-order valence-corrected chi connectivity index (χ2v) is 13.3. The Morgan fingerprint density at radius 2 is 1.62 bits per heavy atom. The van der Waals surface area contributed by atoms with Gasteiger partial charge in [0, 0.05) is 22.6 Å². The molecule has 1 atom stereocenters. The summed E-state index contributed by atoms with van der Waals surface area (Å²) in [6, 6.07) is 15.0. The predicted octanol–water partition coefficient (Wildman–Crippen LogP) is 6.50. The molecule has 3 aromatic rings. The Hall–Kier alpha value is -3.14. The van der Waals surface area contributed by atoms with Gasteiger partial charge in [-0.3, -0.25) is 13.9 Å². The first-order chi connectivity index (χ1) is 20.0. The van der Waals surface area contributed by atoms with E-state index >= 15 is 0 Å². The van der Waals surface area contributed by atoms with E-state index in [1.54, 1.807) is 37.3 Å². The van der Waals surface area contributed by atoms with Crippen LogP contribution in [-0.4, -0.2) is 43.8 Å². The summed E-state index contributed by atoms with van der Waals surface area (Å²) in [5.41, 5.74) is 1.51. The van der Waals surface area contributed by atoms with Crippen molar-refractivity contribution in [1.29, 1.82) is 0 Å². The number of anilines is 1. The monoisotopic (exact) mass is 633 g/mol. The maximum atomic E-state index is 14.0. The van der Waals surface area contributed by atoms with Gasteiger partial charge >= 0.3 is 0 Å². The van der Waals surface area contributed by atoms with E-state index in [1.165, 1.54) is 29.2 Å². The third-order valence-corrected chi connectivity index (χ3v) is 9.85. The number of rotatable bonds is 10. The van der Waals surface area contributed by atoms with Gasteiger partial charge in [0.05, 0.1) is 10.6 Å². The van der Waals surface area contributed by atoms with Crippen molar-refractivity contribution in [3.63, 3.8) is 0 Å². The second-order valence-electron chi connectivity index (χ2n) is 10.6. The smallest absolute Gasteiger partial charge is 0.264 e. The van der Waals surface area contributed by atoms with Crippen molar-refractivity contribution in [3.8, 4) is 0 Å². The van der Waals surface area contributed by atoms with Crippen LogP contribution in [0.25, 0.3) is 0 Å². The van der Waals surface area contributed by atoms with Crippen LogP contribution in [0.15, 0.2) is 71.6 Å². The van der Waals surface area contributed by atoms with Crippen molar-refractivity contribution in [2.24, 2.45) is 0 Å². The molecule has 0 aliphatic heterocycles. The number of hydrogen-bond acceptors (Lipinski definition) is 4. The summed E-state index contributed by atoms with van der Waals surface area (Å²) in [6.07, 6.45) is 4.89. The molecular formula is C31H34Cl2FN3O4S. The van der Waals surface area contributed by atoms with E-state index in [1.807, 2.05) is 6.92 Å². The summed E-state index contributed by atoms with van der Waals surface area (Å²) in [5.74, 6) is -1.52. The number of sulfonamides is 1. The molecule has 0 heterocycles. The van der Waals surface area contributed by atoms with Gasteiger partial charge in [-0.2, -0.15) is 0 Å². The summed E-state index contributed by atoms with van der Waals surface area (Å²) in [5, 5.41) is 3.78. The summed E-state index contributed by atoms with van der Waals surface area (Å²) in [4.78, 5) is 28.7. The maximum Gasteiger partial charge on any atom is 0.264 e. The van der Waals surface area contributed by atoms with Gasteiger partial charge in [-0.25, -0.2) is 12.8 Å². The highest BCUT2D eigenvalue weighted by molar-refractivity contribution is 7.92. The van der Waals surface area contributed by atoms with Crippen LogP contribution in [0.1, 0.15) is 50.2 Å². The molecule has 1 aliphatic carbocycles. The SMILES string of the molecule is Cc1ccc(S(=O)(=O)N(CC(=O)N(Cc2ccc(Cl)cc2Cl)[C@H](C)C(=O)NC2CCCCC2)c2ccc(F)cc2)cc1. The van der Waals surface area contributed by atoms with Crippen molar-refractivity contribution in [2.45, 2.75) is 69.5 Å². The molecule has 1 N–H and O–H groups in total. The van der Waals surface area contributed by atoms with Gasteiger partial charge in [-0.1, -0.05) is 66.2 Å². The molecule has 0 aromatic heterocycles. The number of amides is 2. The number of carbonyl (C=O) groups is 2. The van der Waals surface area contributed by atoms with Gasteiger partial charge in [0.25, 0.3) is 10.0 Å². The van der Waals surface area contributed by atoms with Crippen LogP contribution in [0.3, 0.4) is 0 Å². The summed E-state index contributed by atoms with van der Waals surface area (Å²) >= 11 is 12.5. The Bertz CT molecular complexity index is 1510. The molecular weight excluding hydrogens is 600 g/mol. The number of benzene rings is 3. The van der Waals surface area contributed by atoms with E-state index in [9.17, 15) is 22.4 Å². The van der Waals surface area contributed by atoms with Crippen molar-refractivity contribution in [3.05, 3.63) is 93.7 Å². The van der Waals surface area contributed by atoms with Crippen LogP contribution in [-0.2, 0) is 26.2 Å². The van der Waals surface area contributed by atoms with Gasteiger partial charge in [-0.05, 0) is 80.8 Å². The quantitative estimate of drug-likeness (QED) is 0.276. The fraction of sp³-hybridized carbons (Fsp3) is 0.355. The normalized spacial score (nSPS) is 14.7. The number of nitrogens with one attached hydrogen (secondary N) is 1. The number of halogens is 3. The zero-order chi connectivity index (χ0) is 30.4. The standard InChI is InChI=1S/C31H34Cl2FN3O4S/c1-21-8-16-28(17-9-21)42(40,41)37(27-14-12-25(34)13-15-27)20-30(38)36(19-23-10-11-24(32)18-29(23)33)22(2)31(39)35-26-6-4-3-5-7-26/h8-18,22,26H,3-7,19-20H2,1-2H3,(H,35,39)/t22-/m1/s1. The molecule has 0 spiro atoms. The van der Waals surface area contributed by atoms with E-state index in [0.29, 0.717) is 15.6 Å². The molecule has 7 nitrogen and oxygen atoms in total. The van der Waals surface area contributed by atoms with Crippen molar-refractivity contribution < 1.29 is 22.4 Å². The molecule has 11 heteroatoms. The second kappa shape index (κ2) is 13.9. The fourth-order valence-corrected chi connectivity index (χ4v) is 6.84. The highest BCUT2D eigenvalue weighted by Gasteiger charge is 2.33. The topological polar surface area (TPSA) is 86.8 Å².